The number of alkyl halides is 3. The third-order valence-corrected chi connectivity index (χ3v) is 8.53. The highest BCUT2D eigenvalue weighted by Gasteiger charge is 2.43. The quantitative estimate of drug-likeness (QED) is 0.790. The minimum absolute atomic E-state index is 0.0382. The molecule has 21 heavy (non-hydrogen) atoms. The highest BCUT2D eigenvalue weighted by molar-refractivity contribution is 6.74. The molecule has 1 amide bonds. The topological polar surface area (TPSA) is 38.3 Å². The van der Waals surface area contributed by atoms with Gasteiger partial charge in [0.05, 0.1) is 12.6 Å². The van der Waals surface area contributed by atoms with E-state index in [0.717, 1.165) is 0 Å². The van der Waals surface area contributed by atoms with Gasteiger partial charge in [-0.25, -0.2) is 0 Å². The van der Waals surface area contributed by atoms with E-state index in [9.17, 15) is 18.0 Å². The molecule has 0 fully saturated rings. The van der Waals surface area contributed by atoms with E-state index in [1.807, 2.05) is 13.1 Å². The Kier molecular flexibility index (Phi) is 6.11. The van der Waals surface area contributed by atoms with Gasteiger partial charge in [-0.15, -0.1) is 0 Å². The second-order valence-corrected chi connectivity index (χ2v) is 12.8. The number of amides is 1. The molecule has 0 radical (unpaired) electrons. The first-order chi connectivity index (χ1) is 8.98. The summed E-state index contributed by atoms with van der Waals surface area (Å²) in [6.45, 7) is 15.6. The Balaban J connectivity index is 4.95. The Morgan fingerprint density at radius 3 is 1.81 bits per heavy atom. The molecule has 0 unspecified atom stereocenters. The summed E-state index contributed by atoms with van der Waals surface area (Å²) >= 11 is 0. The summed E-state index contributed by atoms with van der Waals surface area (Å²) in [7, 11) is -2.08. The molecule has 0 aromatic rings. The predicted octanol–water partition coefficient (Wildman–Crippen LogP) is 4.10. The summed E-state index contributed by atoms with van der Waals surface area (Å²) in [4.78, 5) is 11.2. The van der Waals surface area contributed by atoms with Gasteiger partial charge < -0.3 is 9.74 Å². The molecule has 1 atom stereocenters. The second kappa shape index (κ2) is 6.28. The van der Waals surface area contributed by atoms with Gasteiger partial charge in [-0.05, 0) is 23.5 Å². The number of carbonyl (C=O) groups excluding carboxylic acids is 1. The van der Waals surface area contributed by atoms with Gasteiger partial charge in [0.1, 0.15) is 0 Å². The van der Waals surface area contributed by atoms with Gasteiger partial charge in [-0.3, -0.25) is 4.79 Å². The molecule has 3 nitrogen and oxygen atoms in total. The Morgan fingerprint density at radius 1 is 1.10 bits per heavy atom. The number of hydrogen-bond donors (Lipinski definition) is 1. The largest absolute Gasteiger partial charge is 0.471 e. The molecule has 0 rings (SSSR count). The summed E-state index contributed by atoms with van der Waals surface area (Å²) in [6.07, 6.45) is -4.87. The van der Waals surface area contributed by atoms with Gasteiger partial charge in [0.25, 0.3) is 0 Å². The standard InChI is InChI=1S/C14H28F3NO2Si/c1-12(2,3)10(18-11(19)14(15,16)17)9-20-21(7,8)13(4,5)6/h10H,9H2,1-8H3,(H,18,19)/t10-/m1/s1. The van der Waals surface area contributed by atoms with Gasteiger partial charge in [0, 0.05) is 0 Å². The molecule has 0 saturated heterocycles. The number of carbonyl (C=O) groups is 1. The van der Waals surface area contributed by atoms with Gasteiger partial charge in [0.15, 0.2) is 8.32 Å². The SMILES string of the molecule is CC(C)(C)[C@@H](CO[Si](C)(C)C(C)(C)C)NC(=O)C(F)(F)F. The number of halogens is 3. The van der Waals surface area contributed by atoms with Crippen LogP contribution in [-0.2, 0) is 9.22 Å². The van der Waals surface area contributed by atoms with Crippen LogP contribution in [0, 0.1) is 5.41 Å². The second-order valence-electron chi connectivity index (χ2n) is 7.96. The first kappa shape index (κ1) is 20.4. The maximum Gasteiger partial charge on any atom is 0.471 e. The lowest BCUT2D eigenvalue weighted by molar-refractivity contribution is -0.175. The van der Waals surface area contributed by atoms with Crippen molar-refractivity contribution in [1.29, 1.82) is 0 Å². The molecule has 0 aliphatic carbocycles. The smallest absolute Gasteiger partial charge is 0.415 e. The fraction of sp³-hybridized carbons (Fsp3) is 0.929. The van der Waals surface area contributed by atoms with Gasteiger partial charge in [0.2, 0.25) is 0 Å². The van der Waals surface area contributed by atoms with Crippen LogP contribution in [0.5, 0.6) is 0 Å². The zero-order valence-electron chi connectivity index (χ0n) is 14.2. The van der Waals surface area contributed by atoms with Crippen molar-refractivity contribution in [3.05, 3.63) is 0 Å². The minimum Gasteiger partial charge on any atom is -0.415 e. The van der Waals surface area contributed by atoms with Crippen molar-refractivity contribution >= 4 is 14.2 Å². The molecular weight excluding hydrogens is 299 g/mol. The summed E-state index contributed by atoms with van der Waals surface area (Å²) < 4.78 is 43.2. The van der Waals surface area contributed by atoms with E-state index in [-0.39, 0.29) is 11.6 Å². The van der Waals surface area contributed by atoms with Crippen molar-refractivity contribution < 1.29 is 22.4 Å². The zero-order chi connectivity index (χ0) is 17.3. The molecule has 0 heterocycles. The molecular formula is C14H28F3NO2Si. The molecule has 126 valence electrons. The molecule has 0 bridgehead atoms. The molecule has 0 spiro atoms. The fourth-order valence-corrected chi connectivity index (χ4v) is 2.27. The summed E-state index contributed by atoms with van der Waals surface area (Å²) in [5, 5.41) is 2.02. The van der Waals surface area contributed by atoms with Crippen LogP contribution in [-0.4, -0.2) is 33.0 Å². The molecule has 1 N–H and O–H groups in total. The van der Waals surface area contributed by atoms with Crippen molar-refractivity contribution in [3.8, 4) is 0 Å². The number of rotatable bonds is 4. The van der Waals surface area contributed by atoms with Crippen molar-refractivity contribution in [2.75, 3.05) is 6.61 Å². The summed E-state index contributed by atoms with van der Waals surface area (Å²) in [5.41, 5.74) is -0.525. The average Bonchev–Trinajstić information content (AvgIpc) is 2.18. The van der Waals surface area contributed by atoms with E-state index in [4.69, 9.17) is 4.43 Å². The Bertz CT molecular complexity index is 368. The summed E-state index contributed by atoms with van der Waals surface area (Å²) in [6, 6.07) is -0.694. The van der Waals surface area contributed by atoms with Gasteiger partial charge in [-0.2, -0.15) is 13.2 Å². The van der Waals surface area contributed by atoms with Crippen molar-refractivity contribution in [2.24, 2.45) is 5.41 Å². The van der Waals surface area contributed by atoms with Gasteiger partial charge >= 0.3 is 12.1 Å². The summed E-state index contributed by atoms with van der Waals surface area (Å²) in [5.74, 6) is -1.92. The van der Waals surface area contributed by atoms with Crippen LogP contribution in [0.15, 0.2) is 0 Å². The molecule has 7 heteroatoms. The predicted molar refractivity (Wildman–Crippen MR) is 80.6 cm³/mol. The van der Waals surface area contributed by atoms with Crippen LogP contribution in [0.3, 0.4) is 0 Å². The normalized spacial score (nSPS) is 15.8. The van der Waals surface area contributed by atoms with Crippen LogP contribution < -0.4 is 5.32 Å². The monoisotopic (exact) mass is 327 g/mol. The van der Waals surface area contributed by atoms with Crippen LogP contribution in [0.1, 0.15) is 41.5 Å². The highest BCUT2D eigenvalue weighted by Crippen LogP contribution is 2.37. The Hall–Kier alpha value is -0.563. The van der Waals surface area contributed by atoms with Crippen molar-refractivity contribution in [3.63, 3.8) is 0 Å². The highest BCUT2D eigenvalue weighted by atomic mass is 28.4. The van der Waals surface area contributed by atoms with Crippen LogP contribution >= 0.6 is 0 Å². The van der Waals surface area contributed by atoms with E-state index < -0.39 is 31.9 Å². The first-order valence-corrected chi connectivity index (χ1v) is 9.91. The van der Waals surface area contributed by atoms with Crippen LogP contribution in [0.25, 0.3) is 0 Å². The maximum absolute atomic E-state index is 12.4. The lowest BCUT2D eigenvalue weighted by Gasteiger charge is -2.39. The molecule has 0 aliphatic heterocycles. The number of hydrogen-bond acceptors (Lipinski definition) is 2. The fourth-order valence-electron chi connectivity index (χ4n) is 1.26. The lowest BCUT2D eigenvalue weighted by Crippen LogP contribution is -2.53. The van der Waals surface area contributed by atoms with E-state index in [2.05, 4.69) is 26.1 Å². The third kappa shape index (κ3) is 6.38. The van der Waals surface area contributed by atoms with Crippen molar-refractivity contribution in [2.45, 2.75) is 71.9 Å². The van der Waals surface area contributed by atoms with Crippen LogP contribution in [0.2, 0.25) is 18.1 Å². The van der Waals surface area contributed by atoms with E-state index in [1.165, 1.54) is 0 Å². The van der Waals surface area contributed by atoms with Gasteiger partial charge in [-0.1, -0.05) is 41.5 Å². The Labute approximate surface area is 126 Å². The van der Waals surface area contributed by atoms with E-state index >= 15 is 0 Å². The Morgan fingerprint density at radius 2 is 1.52 bits per heavy atom. The first-order valence-electron chi connectivity index (χ1n) is 7.00. The third-order valence-electron chi connectivity index (χ3n) is 4.03. The number of nitrogens with one attached hydrogen (secondary N) is 1. The minimum atomic E-state index is -4.87. The lowest BCUT2D eigenvalue weighted by atomic mass is 9.87. The van der Waals surface area contributed by atoms with Crippen LogP contribution in [0.4, 0.5) is 13.2 Å². The average molecular weight is 327 g/mol. The maximum atomic E-state index is 12.4. The zero-order valence-corrected chi connectivity index (χ0v) is 15.2. The van der Waals surface area contributed by atoms with E-state index in [1.54, 1.807) is 20.8 Å². The molecule has 0 saturated carbocycles. The molecule has 0 aromatic heterocycles. The van der Waals surface area contributed by atoms with E-state index in [0.29, 0.717) is 0 Å². The molecule has 0 aromatic carbocycles. The molecule has 0 aliphatic rings. The van der Waals surface area contributed by atoms with Crippen molar-refractivity contribution in [1.82, 2.24) is 5.32 Å².